The monoisotopic (exact) mass is 273 g/mol. The number of hydrogen-bond acceptors (Lipinski definition) is 5. The molecular weight excluding hydrogens is 262 g/mol. The number of aliphatic carboxylic acids is 1. The van der Waals surface area contributed by atoms with E-state index in [0.717, 1.165) is 5.56 Å². The normalized spacial score (nSPS) is 10.2. The third-order valence-electron chi connectivity index (χ3n) is 2.62. The lowest BCUT2D eigenvalue weighted by Crippen LogP contribution is -2.16. The number of hydrogen-bond donors (Lipinski definition) is 1. The zero-order valence-electron chi connectivity index (χ0n) is 10.4. The number of carbonyl (C=O) groups is 3. The van der Waals surface area contributed by atoms with E-state index in [-0.39, 0.29) is 5.76 Å². The van der Waals surface area contributed by atoms with Crippen molar-refractivity contribution in [2.24, 2.45) is 0 Å². The number of ketones is 2. The predicted octanol–water partition coefficient (Wildman–Crippen LogP) is 1.49. The molecule has 0 aliphatic rings. The molecule has 2 aromatic heterocycles. The average molecular weight is 273 g/mol. The zero-order valence-corrected chi connectivity index (χ0v) is 10.4. The number of Topliss-reactive ketones (excluding diaryl/α,β-unsaturated/α-hetero) is 2. The number of rotatable bonds is 6. The molecule has 6 nitrogen and oxygen atoms in total. The second kappa shape index (κ2) is 5.92. The van der Waals surface area contributed by atoms with Crippen LogP contribution in [-0.2, 0) is 16.0 Å². The summed E-state index contributed by atoms with van der Waals surface area (Å²) >= 11 is 0. The number of carboxylic acid groups (broad SMARTS) is 1. The van der Waals surface area contributed by atoms with Gasteiger partial charge in [-0.1, -0.05) is 0 Å². The van der Waals surface area contributed by atoms with Crippen LogP contribution in [0, 0.1) is 0 Å². The third-order valence-corrected chi connectivity index (χ3v) is 2.62. The van der Waals surface area contributed by atoms with Gasteiger partial charge in [0, 0.05) is 18.8 Å². The van der Waals surface area contributed by atoms with Crippen molar-refractivity contribution in [1.29, 1.82) is 0 Å². The van der Waals surface area contributed by atoms with E-state index in [0.29, 0.717) is 12.2 Å². The molecule has 102 valence electrons. The minimum atomic E-state index is -1.62. The van der Waals surface area contributed by atoms with Gasteiger partial charge in [0.05, 0.1) is 6.42 Å². The largest absolute Gasteiger partial charge is 0.475 e. The Balaban J connectivity index is 2.04. The summed E-state index contributed by atoms with van der Waals surface area (Å²) in [6.45, 7) is 0. The topological polar surface area (TPSA) is 97.5 Å². The van der Waals surface area contributed by atoms with Crippen molar-refractivity contribution in [3.8, 4) is 0 Å². The number of carbonyl (C=O) groups excluding carboxylic acids is 2. The fourth-order valence-electron chi connectivity index (χ4n) is 1.63. The highest BCUT2D eigenvalue weighted by Crippen LogP contribution is 2.14. The molecule has 1 N–H and O–H groups in total. The van der Waals surface area contributed by atoms with Crippen LogP contribution in [0.2, 0.25) is 0 Å². The number of pyridine rings is 1. The summed E-state index contributed by atoms with van der Waals surface area (Å²) in [5, 5.41) is 8.44. The molecule has 0 aliphatic heterocycles. The van der Waals surface area contributed by atoms with E-state index >= 15 is 0 Å². The Labute approximate surface area is 114 Å². The first kappa shape index (κ1) is 13.7. The van der Waals surface area contributed by atoms with Gasteiger partial charge in [-0.3, -0.25) is 14.6 Å². The summed E-state index contributed by atoms with van der Waals surface area (Å²) in [6, 6.07) is 6.70. The summed E-state index contributed by atoms with van der Waals surface area (Å²) in [7, 11) is 0. The van der Waals surface area contributed by atoms with Gasteiger partial charge in [-0.15, -0.1) is 0 Å². The van der Waals surface area contributed by atoms with Crippen LogP contribution < -0.4 is 0 Å². The van der Waals surface area contributed by atoms with E-state index in [2.05, 4.69) is 4.98 Å². The minimum absolute atomic E-state index is 0.0105. The first-order valence-electron chi connectivity index (χ1n) is 5.83. The Bertz CT molecular complexity index is 645. The van der Waals surface area contributed by atoms with Crippen molar-refractivity contribution in [1.82, 2.24) is 4.98 Å². The van der Waals surface area contributed by atoms with Gasteiger partial charge < -0.3 is 9.52 Å². The highest BCUT2D eigenvalue weighted by Gasteiger charge is 2.20. The molecule has 0 bridgehead atoms. The molecule has 0 spiro atoms. The second-order valence-corrected chi connectivity index (χ2v) is 4.13. The van der Waals surface area contributed by atoms with E-state index in [1.807, 2.05) is 12.1 Å². The molecule has 0 fully saturated rings. The Kier molecular flexibility index (Phi) is 4.05. The van der Waals surface area contributed by atoms with E-state index < -0.39 is 24.0 Å². The first-order chi connectivity index (χ1) is 9.56. The molecule has 0 unspecified atom stereocenters. The van der Waals surface area contributed by atoms with Gasteiger partial charge in [0.15, 0.2) is 5.76 Å². The summed E-state index contributed by atoms with van der Waals surface area (Å²) < 4.78 is 5.31. The van der Waals surface area contributed by atoms with Crippen molar-refractivity contribution in [3.63, 3.8) is 0 Å². The standard InChI is InChI=1S/C14H11NO5/c16-11(8-12(17)14(18)19)13-2-1-10(20-13)7-9-3-5-15-6-4-9/h1-6H,7-8H2,(H,18,19). The lowest BCUT2D eigenvalue weighted by molar-refractivity contribution is -0.148. The average Bonchev–Trinajstić information content (AvgIpc) is 2.88. The lowest BCUT2D eigenvalue weighted by Gasteiger charge is -1.97. The van der Waals surface area contributed by atoms with Crippen molar-refractivity contribution in [2.45, 2.75) is 12.8 Å². The van der Waals surface area contributed by atoms with Gasteiger partial charge in [-0.25, -0.2) is 4.79 Å². The Morgan fingerprint density at radius 3 is 2.45 bits per heavy atom. The van der Waals surface area contributed by atoms with Crippen molar-refractivity contribution in [3.05, 3.63) is 53.7 Å². The molecular formula is C14H11NO5. The molecule has 20 heavy (non-hydrogen) atoms. The Morgan fingerprint density at radius 2 is 1.80 bits per heavy atom. The van der Waals surface area contributed by atoms with E-state index in [4.69, 9.17) is 9.52 Å². The quantitative estimate of drug-likeness (QED) is 0.486. The summed E-state index contributed by atoms with van der Waals surface area (Å²) in [5.41, 5.74) is 0.968. The van der Waals surface area contributed by atoms with Gasteiger partial charge >= 0.3 is 5.97 Å². The van der Waals surface area contributed by atoms with Crippen molar-refractivity contribution >= 4 is 17.5 Å². The van der Waals surface area contributed by atoms with Crippen LogP contribution in [0.3, 0.4) is 0 Å². The highest BCUT2D eigenvalue weighted by atomic mass is 16.4. The number of furan rings is 1. The molecule has 6 heteroatoms. The van der Waals surface area contributed by atoms with Crippen LogP contribution in [-0.4, -0.2) is 27.6 Å². The second-order valence-electron chi connectivity index (χ2n) is 4.13. The molecule has 2 aromatic rings. The zero-order chi connectivity index (χ0) is 14.5. The maximum atomic E-state index is 11.6. The SMILES string of the molecule is O=C(O)C(=O)CC(=O)c1ccc(Cc2ccncc2)o1. The number of nitrogens with zero attached hydrogens (tertiary/aromatic N) is 1. The first-order valence-corrected chi connectivity index (χ1v) is 5.83. The number of aromatic nitrogens is 1. The summed E-state index contributed by atoms with van der Waals surface area (Å²) in [6.07, 6.45) is 3.09. The molecule has 2 heterocycles. The van der Waals surface area contributed by atoms with E-state index in [9.17, 15) is 14.4 Å². The van der Waals surface area contributed by atoms with Crippen LogP contribution in [0.1, 0.15) is 28.3 Å². The minimum Gasteiger partial charge on any atom is -0.475 e. The van der Waals surface area contributed by atoms with E-state index in [1.54, 1.807) is 18.5 Å². The smallest absolute Gasteiger partial charge is 0.372 e. The fraction of sp³-hybridized carbons (Fsp3) is 0.143. The highest BCUT2D eigenvalue weighted by molar-refractivity contribution is 6.37. The molecule has 0 atom stereocenters. The molecule has 0 amide bonds. The van der Waals surface area contributed by atoms with Crippen molar-refractivity contribution < 1.29 is 23.9 Å². The van der Waals surface area contributed by atoms with Gasteiger partial charge in [-0.05, 0) is 29.8 Å². The Hall–Kier alpha value is -2.76. The molecule has 0 radical (unpaired) electrons. The van der Waals surface area contributed by atoms with Crippen molar-refractivity contribution in [2.75, 3.05) is 0 Å². The molecule has 2 rings (SSSR count). The van der Waals surface area contributed by atoms with Crippen LogP contribution in [0.15, 0.2) is 41.1 Å². The van der Waals surface area contributed by atoms with Crippen LogP contribution in [0.25, 0.3) is 0 Å². The van der Waals surface area contributed by atoms with Gasteiger partial charge in [0.25, 0.3) is 0 Å². The van der Waals surface area contributed by atoms with Crippen LogP contribution in [0.4, 0.5) is 0 Å². The Morgan fingerprint density at radius 1 is 1.10 bits per heavy atom. The van der Waals surface area contributed by atoms with Gasteiger partial charge in [0.2, 0.25) is 11.6 Å². The van der Waals surface area contributed by atoms with Gasteiger partial charge in [0.1, 0.15) is 5.76 Å². The van der Waals surface area contributed by atoms with E-state index in [1.165, 1.54) is 6.07 Å². The number of carboxylic acids is 1. The third kappa shape index (κ3) is 3.38. The summed E-state index contributed by atoms with van der Waals surface area (Å²) in [4.78, 5) is 36.9. The molecule has 0 aliphatic carbocycles. The fourth-order valence-corrected chi connectivity index (χ4v) is 1.63. The molecule has 0 saturated heterocycles. The van der Waals surface area contributed by atoms with Gasteiger partial charge in [-0.2, -0.15) is 0 Å². The molecule has 0 saturated carbocycles. The summed E-state index contributed by atoms with van der Waals surface area (Å²) in [5.74, 6) is -2.87. The van der Waals surface area contributed by atoms with Crippen LogP contribution >= 0.6 is 0 Å². The predicted molar refractivity (Wildman–Crippen MR) is 67.3 cm³/mol. The lowest BCUT2D eigenvalue weighted by atomic mass is 10.1. The maximum absolute atomic E-state index is 11.6. The molecule has 0 aromatic carbocycles. The van der Waals surface area contributed by atoms with Crippen LogP contribution in [0.5, 0.6) is 0 Å². The maximum Gasteiger partial charge on any atom is 0.372 e.